The fourth-order valence-corrected chi connectivity index (χ4v) is 7.48. The molecule has 0 aromatic heterocycles. The second-order valence-corrected chi connectivity index (χ2v) is 11.6. The van der Waals surface area contributed by atoms with E-state index < -0.39 is 31.4 Å². The van der Waals surface area contributed by atoms with Crippen LogP contribution in [0.2, 0.25) is 0 Å². The molecule has 154 valence electrons. The Morgan fingerprint density at radius 3 is 2.21 bits per heavy atom. The lowest BCUT2D eigenvalue weighted by molar-refractivity contribution is -0.128. The average Bonchev–Trinajstić information content (AvgIpc) is 2.87. The third-order valence-electron chi connectivity index (χ3n) is 6.29. The molecule has 0 aliphatic heterocycles. The maximum absolute atomic E-state index is 12.8. The highest BCUT2D eigenvalue weighted by atomic mass is 32.2. The Morgan fingerprint density at radius 1 is 1.14 bits per heavy atom. The van der Waals surface area contributed by atoms with Gasteiger partial charge in [-0.1, -0.05) is 13.8 Å². The molecule has 0 unspecified atom stereocenters. The summed E-state index contributed by atoms with van der Waals surface area (Å²) in [5.41, 5.74) is -1.05. The zero-order valence-electron chi connectivity index (χ0n) is 16.0. The monoisotopic (exact) mass is 428 g/mol. The molecular formula is C18H24N2O6S2. The molecule has 1 aromatic carbocycles. The molecular weight excluding hydrogens is 404 g/mol. The number of rotatable bonds is 6. The van der Waals surface area contributed by atoms with E-state index in [1.165, 1.54) is 24.3 Å². The van der Waals surface area contributed by atoms with Crippen LogP contribution in [0.5, 0.6) is 0 Å². The van der Waals surface area contributed by atoms with Gasteiger partial charge < -0.3 is 0 Å². The van der Waals surface area contributed by atoms with Crippen molar-refractivity contribution in [1.82, 2.24) is 4.72 Å². The first-order valence-electron chi connectivity index (χ1n) is 8.96. The lowest BCUT2D eigenvalue weighted by atomic mass is 9.70. The van der Waals surface area contributed by atoms with Crippen molar-refractivity contribution in [3.63, 3.8) is 0 Å². The van der Waals surface area contributed by atoms with Crippen LogP contribution in [0, 0.1) is 16.7 Å². The Balaban J connectivity index is 1.78. The molecule has 2 saturated carbocycles. The van der Waals surface area contributed by atoms with Crippen LogP contribution >= 0.6 is 0 Å². The molecule has 2 bridgehead atoms. The van der Waals surface area contributed by atoms with Gasteiger partial charge in [-0.05, 0) is 48.4 Å². The van der Waals surface area contributed by atoms with E-state index in [9.17, 15) is 26.4 Å². The molecule has 2 aliphatic carbocycles. The second-order valence-electron chi connectivity index (χ2n) is 8.21. The van der Waals surface area contributed by atoms with Crippen molar-refractivity contribution in [2.24, 2.45) is 16.7 Å². The summed E-state index contributed by atoms with van der Waals surface area (Å²) in [4.78, 5) is 23.4. The molecule has 3 rings (SSSR count). The van der Waals surface area contributed by atoms with Crippen LogP contribution in [0.1, 0.15) is 40.0 Å². The average molecular weight is 429 g/mol. The van der Waals surface area contributed by atoms with Gasteiger partial charge in [0.2, 0.25) is 15.9 Å². The Kier molecular flexibility index (Phi) is 4.86. The van der Waals surface area contributed by atoms with Gasteiger partial charge in [-0.2, -0.15) is 0 Å². The van der Waals surface area contributed by atoms with E-state index in [1.54, 1.807) is 0 Å². The van der Waals surface area contributed by atoms with Crippen LogP contribution in [0.15, 0.2) is 29.2 Å². The largest absolute Gasteiger partial charge is 0.299 e. The standard InChI is InChI=1S/C18H24N2O6S2/c1-12(21)19-28(25,26)15-6-4-14(5-7-15)20-27(23,24)11-18-9-8-13(10-16(18)22)17(18,2)3/h4-7,13,20H,8-11H2,1-3H3,(H,19,21)/t13-,18-/m0/s1. The van der Waals surface area contributed by atoms with Gasteiger partial charge in [-0.3, -0.25) is 14.3 Å². The number of Topliss-reactive ketones (excluding diaryl/α,β-unsaturated/α-hetero) is 1. The van der Waals surface area contributed by atoms with Crippen LogP contribution in [0.4, 0.5) is 5.69 Å². The highest BCUT2D eigenvalue weighted by Gasteiger charge is 2.65. The second kappa shape index (κ2) is 6.55. The lowest BCUT2D eigenvalue weighted by Crippen LogP contribution is -2.43. The summed E-state index contributed by atoms with van der Waals surface area (Å²) in [6, 6.07) is 5.03. The van der Waals surface area contributed by atoms with Crippen molar-refractivity contribution in [3.8, 4) is 0 Å². The van der Waals surface area contributed by atoms with Gasteiger partial charge in [-0.25, -0.2) is 21.6 Å². The molecule has 1 amide bonds. The van der Waals surface area contributed by atoms with E-state index in [0.717, 1.165) is 13.3 Å². The fourth-order valence-electron chi connectivity index (χ4n) is 4.60. The van der Waals surface area contributed by atoms with Crippen molar-refractivity contribution >= 4 is 37.4 Å². The number of anilines is 1. The summed E-state index contributed by atoms with van der Waals surface area (Å²) in [7, 11) is -7.81. The van der Waals surface area contributed by atoms with Crippen LogP contribution in [0.25, 0.3) is 0 Å². The van der Waals surface area contributed by atoms with Crippen molar-refractivity contribution < 1.29 is 26.4 Å². The minimum atomic E-state index is -3.99. The van der Waals surface area contributed by atoms with E-state index in [4.69, 9.17) is 0 Å². The molecule has 28 heavy (non-hydrogen) atoms. The molecule has 2 aliphatic rings. The zero-order chi connectivity index (χ0) is 21.0. The van der Waals surface area contributed by atoms with Crippen LogP contribution in [-0.4, -0.2) is 34.3 Å². The Morgan fingerprint density at radius 2 is 1.75 bits per heavy atom. The first-order chi connectivity index (χ1) is 12.8. The maximum Gasteiger partial charge on any atom is 0.264 e. The number of fused-ring (bicyclic) bond motifs is 2. The van der Waals surface area contributed by atoms with E-state index in [-0.39, 0.29) is 33.5 Å². The highest BCUT2D eigenvalue weighted by Crippen LogP contribution is 2.64. The smallest absolute Gasteiger partial charge is 0.264 e. The lowest BCUT2D eigenvalue weighted by Gasteiger charge is -2.36. The van der Waals surface area contributed by atoms with Gasteiger partial charge in [0, 0.05) is 19.0 Å². The molecule has 1 aromatic rings. The number of hydrogen-bond donors (Lipinski definition) is 2. The van der Waals surface area contributed by atoms with Crippen LogP contribution in [-0.2, 0) is 29.6 Å². The van der Waals surface area contributed by atoms with E-state index in [1.807, 2.05) is 18.6 Å². The number of nitrogens with one attached hydrogen (secondary N) is 2. The summed E-state index contributed by atoms with van der Waals surface area (Å²) < 4.78 is 53.7. The Bertz CT molecular complexity index is 1030. The number of amides is 1. The summed E-state index contributed by atoms with van der Waals surface area (Å²) in [5, 5.41) is 0. The van der Waals surface area contributed by atoms with Crippen LogP contribution < -0.4 is 9.44 Å². The summed E-state index contributed by atoms with van der Waals surface area (Å²) in [6.45, 7) is 5.01. The van der Waals surface area contributed by atoms with Gasteiger partial charge >= 0.3 is 0 Å². The topological polar surface area (TPSA) is 126 Å². The molecule has 2 N–H and O–H groups in total. The van der Waals surface area contributed by atoms with Crippen LogP contribution in [0.3, 0.4) is 0 Å². The summed E-state index contributed by atoms with van der Waals surface area (Å²) >= 11 is 0. The number of carbonyl (C=O) groups excluding carboxylic acids is 2. The molecule has 0 radical (unpaired) electrons. The molecule has 2 fully saturated rings. The number of sulfonamides is 2. The third-order valence-corrected chi connectivity index (χ3v) is 9.16. The molecule has 10 heteroatoms. The molecule has 2 atom stereocenters. The predicted octanol–water partition coefficient (Wildman–Crippen LogP) is 1.65. The van der Waals surface area contributed by atoms with Gasteiger partial charge in [0.15, 0.2) is 0 Å². The molecule has 0 heterocycles. The molecule has 8 nitrogen and oxygen atoms in total. The van der Waals surface area contributed by atoms with Crippen molar-refractivity contribution in [2.45, 2.75) is 44.9 Å². The van der Waals surface area contributed by atoms with Gasteiger partial charge in [0.05, 0.1) is 16.1 Å². The van der Waals surface area contributed by atoms with E-state index in [2.05, 4.69) is 4.72 Å². The zero-order valence-corrected chi connectivity index (χ0v) is 17.6. The third kappa shape index (κ3) is 3.43. The van der Waals surface area contributed by atoms with E-state index in [0.29, 0.717) is 12.8 Å². The number of ketones is 1. The van der Waals surface area contributed by atoms with E-state index >= 15 is 0 Å². The number of carbonyl (C=O) groups is 2. The van der Waals surface area contributed by atoms with Gasteiger partial charge in [0.1, 0.15) is 5.78 Å². The summed E-state index contributed by atoms with van der Waals surface area (Å²) in [6.07, 6.45) is 1.85. The maximum atomic E-state index is 12.8. The van der Waals surface area contributed by atoms with Gasteiger partial charge in [-0.15, -0.1) is 0 Å². The number of hydrogen-bond acceptors (Lipinski definition) is 6. The molecule has 0 spiro atoms. The summed E-state index contributed by atoms with van der Waals surface area (Å²) in [5.74, 6) is -0.777. The predicted molar refractivity (Wildman–Crippen MR) is 103 cm³/mol. The quantitative estimate of drug-likeness (QED) is 0.709. The van der Waals surface area contributed by atoms with Crippen molar-refractivity contribution in [1.29, 1.82) is 0 Å². The SMILES string of the molecule is CC(=O)NS(=O)(=O)c1ccc(NS(=O)(=O)C[C@@]23CC[C@@H](CC2=O)C3(C)C)cc1. The first kappa shape index (κ1) is 20.8. The Labute approximate surface area is 165 Å². The number of benzene rings is 1. The van der Waals surface area contributed by atoms with Gasteiger partial charge in [0.25, 0.3) is 10.0 Å². The molecule has 0 saturated heterocycles. The first-order valence-corrected chi connectivity index (χ1v) is 12.1. The fraction of sp³-hybridized carbons (Fsp3) is 0.556. The minimum absolute atomic E-state index is 0.0101. The highest BCUT2D eigenvalue weighted by molar-refractivity contribution is 7.92. The normalized spacial score (nSPS) is 26.2. The Hall–Kier alpha value is -1.94. The minimum Gasteiger partial charge on any atom is -0.299 e. The van der Waals surface area contributed by atoms with Crippen molar-refractivity contribution in [2.75, 3.05) is 10.5 Å². The van der Waals surface area contributed by atoms with Crippen molar-refractivity contribution in [3.05, 3.63) is 24.3 Å².